The van der Waals surface area contributed by atoms with Gasteiger partial charge in [-0.3, -0.25) is 0 Å². The van der Waals surface area contributed by atoms with Crippen LogP contribution in [0.3, 0.4) is 0 Å². The first-order valence-corrected chi connectivity index (χ1v) is 8.67. The summed E-state index contributed by atoms with van der Waals surface area (Å²) in [6, 6.07) is 16.5. The minimum absolute atomic E-state index is 0.972. The Kier molecular flexibility index (Phi) is 8.34. The van der Waals surface area contributed by atoms with E-state index >= 15 is 0 Å². The molecular formula is C21H29N3. The summed E-state index contributed by atoms with van der Waals surface area (Å²) in [5.74, 6) is 0. The second kappa shape index (κ2) is 10.3. The number of rotatable bonds is 0. The van der Waals surface area contributed by atoms with Gasteiger partial charge in [-0.25, -0.2) is 4.98 Å². The predicted octanol–water partition coefficient (Wildman–Crippen LogP) is 6.40. The number of nitrogens with zero attached hydrogens (tertiary/aromatic N) is 1. The Morgan fingerprint density at radius 3 is 1.96 bits per heavy atom. The van der Waals surface area contributed by atoms with Crippen LogP contribution in [0.4, 0.5) is 0 Å². The number of hydrogen-bond donors (Lipinski definition) is 2. The molecule has 0 spiro atoms. The molecule has 1 aromatic carbocycles. The van der Waals surface area contributed by atoms with E-state index in [0.717, 1.165) is 11.3 Å². The Labute approximate surface area is 145 Å². The van der Waals surface area contributed by atoms with Gasteiger partial charge in [-0.05, 0) is 49.6 Å². The minimum atomic E-state index is 0.972. The average Bonchev–Trinajstić information content (AvgIpc) is 3.19. The molecule has 128 valence electrons. The van der Waals surface area contributed by atoms with E-state index in [4.69, 9.17) is 0 Å². The van der Waals surface area contributed by atoms with Gasteiger partial charge < -0.3 is 9.97 Å². The van der Waals surface area contributed by atoms with Crippen LogP contribution in [0.5, 0.6) is 0 Å². The fourth-order valence-corrected chi connectivity index (χ4v) is 2.31. The van der Waals surface area contributed by atoms with E-state index in [1.165, 1.54) is 22.0 Å². The number of fused-ring (bicyclic) bond motifs is 2. The van der Waals surface area contributed by atoms with E-state index in [-0.39, 0.29) is 0 Å². The molecule has 0 bridgehead atoms. The van der Waals surface area contributed by atoms with Gasteiger partial charge in [-0.15, -0.1) is 0 Å². The molecule has 0 atom stereocenters. The lowest BCUT2D eigenvalue weighted by molar-refractivity contribution is 1.25. The summed E-state index contributed by atoms with van der Waals surface area (Å²) >= 11 is 0. The van der Waals surface area contributed by atoms with Crippen LogP contribution < -0.4 is 0 Å². The van der Waals surface area contributed by atoms with Gasteiger partial charge in [0, 0.05) is 28.5 Å². The lowest BCUT2D eigenvalue weighted by atomic mass is 10.2. The number of pyridine rings is 1. The van der Waals surface area contributed by atoms with Crippen molar-refractivity contribution >= 4 is 21.9 Å². The molecule has 3 heterocycles. The normalized spacial score (nSPS) is 9.25. The van der Waals surface area contributed by atoms with Gasteiger partial charge in [0.15, 0.2) is 0 Å². The number of hydrogen-bond acceptors (Lipinski definition) is 1. The SMILES string of the molecule is CC.CC.Cc1cc2ccccc2[nH]1.Cc1cc2cccnc2[nH]1. The number of benzene rings is 1. The van der Waals surface area contributed by atoms with Gasteiger partial charge in [0.05, 0.1) is 0 Å². The number of para-hydroxylation sites is 1. The maximum Gasteiger partial charge on any atom is 0.137 e. The van der Waals surface area contributed by atoms with Gasteiger partial charge in [0.1, 0.15) is 5.65 Å². The molecule has 0 fully saturated rings. The van der Waals surface area contributed by atoms with Crippen LogP contribution in [0.1, 0.15) is 39.1 Å². The van der Waals surface area contributed by atoms with E-state index in [1.54, 1.807) is 6.20 Å². The molecule has 4 rings (SSSR count). The van der Waals surface area contributed by atoms with Crippen molar-refractivity contribution in [3.63, 3.8) is 0 Å². The lowest BCUT2D eigenvalue weighted by Crippen LogP contribution is -1.72. The van der Waals surface area contributed by atoms with Crippen LogP contribution in [-0.2, 0) is 0 Å². The molecule has 0 amide bonds. The summed E-state index contributed by atoms with van der Waals surface area (Å²) in [6.45, 7) is 12.1. The summed E-state index contributed by atoms with van der Waals surface area (Å²) in [5, 5.41) is 2.47. The molecule has 0 saturated carbocycles. The van der Waals surface area contributed by atoms with Crippen molar-refractivity contribution in [3.05, 3.63) is 66.1 Å². The van der Waals surface area contributed by atoms with Gasteiger partial charge in [-0.1, -0.05) is 45.9 Å². The molecule has 0 aliphatic rings. The first kappa shape index (κ1) is 19.5. The number of aryl methyl sites for hydroxylation is 2. The fraction of sp³-hybridized carbons (Fsp3) is 0.286. The zero-order valence-corrected chi connectivity index (χ0v) is 15.6. The van der Waals surface area contributed by atoms with Crippen molar-refractivity contribution in [2.75, 3.05) is 0 Å². The van der Waals surface area contributed by atoms with Crippen LogP contribution >= 0.6 is 0 Å². The highest BCUT2D eigenvalue weighted by atomic mass is 14.8. The smallest absolute Gasteiger partial charge is 0.137 e. The zero-order valence-electron chi connectivity index (χ0n) is 15.6. The van der Waals surface area contributed by atoms with Crippen LogP contribution in [0.15, 0.2) is 54.7 Å². The Bertz CT molecular complexity index is 702. The number of nitrogens with one attached hydrogen (secondary N) is 2. The quantitative estimate of drug-likeness (QED) is 0.386. The molecule has 0 aliphatic heterocycles. The van der Waals surface area contributed by atoms with E-state index in [1.807, 2.05) is 52.8 Å². The second-order valence-corrected chi connectivity index (χ2v) is 4.93. The molecule has 0 aliphatic carbocycles. The van der Waals surface area contributed by atoms with Gasteiger partial charge >= 0.3 is 0 Å². The monoisotopic (exact) mass is 323 g/mol. The molecule has 0 unspecified atom stereocenters. The average molecular weight is 323 g/mol. The van der Waals surface area contributed by atoms with Crippen molar-refractivity contribution < 1.29 is 0 Å². The molecule has 24 heavy (non-hydrogen) atoms. The van der Waals surface area contributed by atoms with Crippen LogP contribution in [0.25, 0.3) is 21.9 Å². The highest BCUT2D eigenvalue weighted by molar-refractivity contribution is 5.80. The summed E-state index contributed by atoms with van der Waals surface area (Å²) in [6.07, 6.45) is 1.79. The summed E-state index contributed by atoms with van der Waals surface area (Å²) < 4.78 is 0. The Morgan fingerprint density at radius 1 is 0.708 bits per heavy atom. The number of aromatic nitrogens is 3. The van der Waals surface area contributed by atoms with Crippen molar-refractivity contribution in [1.29, 1.82) is 0 Å². The Hall–Kier alpha value is -2.55. The van der Waals surface area contributed by atoms with Crippen molar-refractivity contribution in [2.45, 2.75) is 41.5 Å². The van der Waals surface area contributed by atoms with E-state index in [9.17, 15) is 0 Å². The highest BCUT2D eigenvalue weighted by Crippen LogP contribution is 2.13. The third kappa shape index (κ3) is 5.27. The Morgan fingerprint density at radius 2 is 1.29 bits per heavy atom. The Balaban J connectivity index is 0.000000199. The fourth-order valence-electron chi connectivity index (χ4n) is 2.31. The summed E-state index contributed by atoms with van der Waals surface area (Å²) in [7, 11) is 0. The van der Waals surface area contributed by atoms with Crippen LogP contribution in [-0.4, -0.2) is 15.0 Å². The topological polar surface area (TPSA) is 44.5 Å². The van der Waals surface area contributed by atoms with Crippen molar-refractivity contribution in [1.82, 2.24) is 15.0 Å². The molecule has 3 nitrogen and oxygen atoms in total. The number of H-pyrrole nitrogens is 2. The molecular weight excluding hydrogens is 294 g/mol. The van der Waals surface area contributed by atoms with E-state index in [0.29, 0.717) is 0 Å². The standard InChI is InChI=1S/C9H9N.C8H8N2.2C2H6/c1-7-6-8-4-2-3-5-9(8)10-7;1-6-5-7-3-2-4-9-8(7)10-6;2*1-2/h2-6,10H,1H3;2-5H,1H3,(H,9,10);2*1-2H3. The maximum atomic E-state index is 4.15. The molecule has 3 aromatic heterocycles. The molecule has 3 heteroatoms. The third-order valence-corrected chi connectivity index (χ3v) is 3.19. The minimum Gasteiger partial charge on any atom is -0.359 e. The second-order valence-electron chi connectivity index (χ2n) is 4.93. The number of aromatic amines is 2. The van der Waals surface area contributed by atoms with Crippen molar-refractivity contribution in [2.24, 2.45) is 0 Å². The lowest BCUT2D eigenvalue weighted by Gasteiger charge is -1.83. The predicted molar refractivity (Wildman–Crippen MR) is 107 cm³/mol. The summed E-state index contributed by atoms with van der Waals surface area (Å²) in [5.41, 5.74) is 4.58. The van der Waals surface area contributed by atoms with Gasteiger partial charge in [0.2, 0.25) is 0 Å². The van der Waals surface area contributed by atoms with Gasteiger partial charge in [-0.2, -0.15) is 0 Å². The first-order valence-electron chi connectivity index (χ1n) is 8.67. The zero-order chi connectivity index (χ0) is 17.9. The largest absolute Gasteiger partial charge is 0.359 e. The van der Waals surface area contributed by atoms with Crippen molar-refractivity contribution in [3.8, 4) is 0 Å². The molecule has 0 radical (unpaired) electrons. The molecule has 4 aromatic rings. The van der Waals surface area contributed by atoms with Crippen LogP contribution in [0, 0.1) is 13.8 Å². The third-order valence-electron chi connectivity index (χ3n) is 3.19. The molecule has 0 saturated heterocycles. The van der Waals surface area contributed by atoms with E-state index in [2.05, 4.69) is 52.2 Å². The first-order chi connectivity index (χ1) is 11.7. The van der Waals surface area contributed by atoms with Gasteiger partial charge in [0.25, 0.3) is 0 Å². The van der Waals surface area contributed by atoms with Crippen LogP contribution in [0.2, 0.25) is 0 Å². The maximum absolute atomic E-state index is 4.15. The summed E-state index contributed by atoms with van der Waals surface area (Å²) in [4.78, 5) is 10.6. The molecule has 2 N–H and O–H groups in total. The van der Waals surface area contributed by atoms with E-state index < -0.39 is 0 Å². The highest BCUT2D eigenvalue weighted by Gasteiger charge is 1.94.